The third kappa shape index (κ3) is 3.61. The summed E-state index contributed by atoms with van der Waals surface area (Å²) in [7, 11) is 0. The summed E-state index contributed by atoms with van der Waals surface area (Å²) in [5.41, 5.74) is 0. The maximum absolute atomic E-state index is 5.73. The van der Waals surface area contributed by atoms with Crippen LogP contribution in [0.4, 0.5) is 0 Å². The number of hydrogen-bond donors (Lipinski definition) is 1. The summed E-state index contributed by atoms with van der Waals surface area (Å²) < 4.78 is 5.44. The Kier molecular flexibility index (Phi) is 4.36. The molecule has 0 saturated carbocycles. The molecule has 4 nitrogen and oxygen atoms in total. The second-order valence-corrected chi connectivity index (χ2v) is 4.33. The largest absolute Gasteiger partial charge is 0.463 e. The SMILES string of the molecule is Clc1ccnc(OCC[C@@H]2CCCCN2)n1. The third-order valence-corrected chi connectivity index (χ3v) is 2.92. The van der Waals surface area contributed by atoms with E-state index in [4.69, 9.17) is 16.3 Å². The molecule has 1 aliphatic rings. The van der Waals surface area contributed by atoms with Gasteiger partial charge >= 0.3 is 6.01 Å². The fraction of sp³-hybridized carbons (Fsp3) is 0.636. The Morgan fingerprint density at radius 2 is 2.44 bits per heavy atom. The molecule has 0 aromatic carbocycles. The van der Waals surface area contributed by atoms with Crippen LogP contribution in [0.15, 0.2) is 12.3 Å². The average molecular weight is 242 g/mol. The van der Waals surface area contributed by atoms with Gasteiger partial charge in [-0.25, -0.2) is 4.98 Å². The highest BCUT2D eigenvalue weighted by atomic mass is 35.5. The number of piperidine rings is 1. The Labute approximate surface area is 100 Å². The van der Waals surface area contributed by atoms with Gasteiger partial charge in [-0.05, 0) is 31.9 Å². The summed E-state index contributed by atoms with van der Waals surface area (Å²) in [5, 5.41) is 3.89. The molecule has 0 spiro atoms. The Balaban J connectivity index is 1.71. The van der Waals surface area contributed by atoms with Gasteiger partial charge in [0.2, 0.25) is 0 Å². The summed E-state index contributed by atoms with van der Waals surface area (Å²) in [6, 6.07) is 2.58. The van der Waals surface area contributed by atoms with E-state index in [0.717, 1.165) is 13.0 Å². The minimum absolute atomic E-state index is 0.364. The van der Waals surface area contributed by atoms with Crippen LogP contribution in [0.5, 0.6) is 6.01 Å². The van der Waals surface area contributed by atoms with E-state index in [9.17, 15) is 0 Å². The highest BCUT2D eigenvalue weighted by Gasteiger charge is 2.12. The zero-order chi connectivity index (χ0) is 11.2. The second-order valence-electron chi connectivity index (χ2n) is 3.95. The van der Waals surface area contributed by atoms with Crippen molar-refractivity contribution < 1.29 is 4.74 Å². The Morgan fingerprint density at radius 3 is 3.19 bits per heavy atom. The van der Waals surface area contributed by atoms with E-state index in [1.54, 1.807) is 12.3 Å². The van der Waals surface area contributed by atoms with Crippen LogP contribution in [0.1, 0.15) is 25.7 Å². The summed E-state index contributed by atoms with van der Waals surface area (Å²) in [5.74, 6) is 0. The average Bonchev–Trinajstić information content (AvgIpc) is 2.30. The van der Waals surface area contributed by atoms with Crippen LogP contribution in [-0.2, 0) is 0 Å². The Hall–Kier alpha value is -0.870. The molecule has 1 aromatic rings. The lowest BCUT2D eigenvalue weighted by Gasteiger charge is -2.22. The van der Waals surface area contributed by atoms with Crippen molar-refractivity contribution in [3.05, 3.63) is 17.4 Å². The smallest absolute Gasteiger partial charge is 0.317 e. The van der Waals surface area contributed by atoms with Crippen LogP contribution in [0, 0.1) is 0 Å². The molecule has 2 heterocycles. The minimum Gasteiger partial charge on any atom is -0.463 e. The van der Waals surface area contributed by atoms with E-state index >= 15 is 0 Å². The molecular formula is C11H16ClN3O. The Morgan fingerprint density at radius 1 is 1.50 bits per heavy atom. The van der Waals surface area contributed by atoms with Crippen LogP contribution in [0.25, 0.3) is 0 Å². The van der Waals surface area contributed by atoms with E-state index < -0.39 is 0 Å². The van der Waals surface area contributed by atoms with Crippen molar-refractivity contribution in [2.45, 2.75) is 31.7 Å². The minimum atomic E-state index is 0.364. The molecule has 0 aliphatic carbocycles. The molecule has 1 atom stereocenters. The van der Waals surface area contributed by atoms with Crippen molar-refractivity contribution in [1.29, 1.82) is 0 Å². The lowest BCUT2D eigenvalue weighted by atomic mass is 10.0. The molecule has 1 N–H and O–H groups in total. The molecule has 1 aliphatic heterocycles. The van der Waals surface area contributed by atoms with Gasteiger partial charge in [-0.2, -0.15) is 4.98 Å². The summed E-state index contributed by atoms with van der Waals surface area (Å²) >= 11 is 5.73. The number of halogens is 1. The zero-order valence-electron chi connectivity index (χ0n) is 9.16. The van der Waals surface area contributed by atoms with Crippen molar-refractivity contribution in [1.82, 2.24) is 15.3 Å². The lowest BCUT2D eigenvalue weighted by molar-refractivity contribution is 0.252. The van der Waals surface area contributed by atoms with E-state index in [1.165, 1.54) is 19.3 Å². The number of aromatic nitrogens is 2. The molecule has 0 bridgehead atoms. The Bertz CT molecular complexity index is 329. The summed E-state index contributed by atoms with van der Waals surface area (Å²) in [6.45, 7) is 1.76. The quantitative estimate of drug-likeness (QED) is 0.820. The molecule has 5 heteroatoms. The molecule has 1 aromatic heterocycles. The zero-order valence-corrected chi connectivity index (χ0v) is 9.91. The number of ether oxygens (including phenoxy) is 1. The van der Waals surface area contributed by atoms with Gasteiger partial charge in [-0.3, -0.25) is 0 Å². The summed E-state index contributed by atoms with van der Waals surface area (Å²) in [6.07, 6.45) is 6.43. The number of nitrogens with one attached hydrogen (secondary N) is 1. The molecule has 1 saturated heterocycles. The van der Waals surface area contributed by atoms with Crippen LogP contribution in [0.2, 0.25) is 5.15 Å². The van der Waals surface area contributed by atoms with Crippen molar-refractivity contribution in [3.8, 4) is 6.01 Å². The standard InChI is InChI=1S/C11H16ClN3O/c12-10-4-7-14-11(15-10)16-8-5-9-3-1-2-6-13-9/h4,7,9,13H,1-3,5-6,8H2/t9-/m0/s1. The number of hydrogen-bond acceptors (Lipinski definition) is 4. The number of nitrogens with zero attached hydrogens (tertiary/aromatic N) is 2. The van der Waals surface area contributed by atoms with Gasteiger partial charge in [-0.15, -0.1) is 0 Å². The van der Waals surface area contributed by atoms with Gasteiger partial charge in [0.05, 0.1) is 6.61 Å². The first-order chi connectivity index (χ1) is 7.84. The van der Waals surface area contributed by atoms with E-state index in [2.05, 4.69) is 15.3 Å². The second kappa shape index (κ2) is 6.01. The predicted molar refractivity (Wildman–Crippen MR) is 62.8 cm³/mol. The van der Waals surface area contributed by atoms with Gasteiger partial charge in [0.25, 0.3) is 0 Å². The van der Waals surface area contributed by atoms with Crippen LogP contribution < -0.4 is 10.1 Å². The van der Waals surface area contributed by atoms with Gasteiger partial charge in [0.15, 0.2) is 0 Å². The van der Waals surface area contributed by atoms with Crippen LogP contribution >= 0.6 is 11.6 Å². The highest BCUT2D eigenvalue weighted by Crippen LogP contribution is 2.11. The molecule has 88 valence electrons. The topological polar surface area (TPSA) is 47.0 Å². The molecule has 16 heavy (non-hydrogen) atoms. The van der Waals surface area contributed by atoms with E-state index in [1.807, 2.05) is 0 Å². The molecule has 2 rings (SSSR count). The van der Waals surface area contributed by atoms with Crippen LogP contribution in [0.3, 0.4) is 0 Å². The molecule has 0 radical (unpaired) electrons. The molecule has 0 amide bonds. The van der Waals surface area contributed by atoms with Gasteiger partial charge < -0.3 is 10.1 Å². The predicted octanol–water partition coefficient (Wildman–Crippen LogP) is 2.04. The maximum atomic E-state index is 5.73. The summed E-state index contributed by atoms with van der Waals surface area (Å²) in [4.78, 5) is 7.95. The van der Waals surface area contributed by atoms with E-state index in [0.29, 0.717) is 23.8 Å². The fourth-order valence-electron chi connectivity index (χ4n) is 1.85. The highest BCUT2D eigenvalue weighted by molar-refractivity contribution is 6.29. The monoisotopic (exact) mass is 241 g/mol. The normalized spacial score (nSPS) is 20.7. The van der Waals surface area contributed by atoms with Crippen molar-refractivity contribution in [2.24, 2.45) is 0 Å². The number of rotatable bonds is 4. The third-order valence-electron chi connectivity index (χ3n) is 2.71. The first-order valence-electron chi connectivity index (χ1n) is 5.69. The van der Waals surface area contributed by atoms with E-state index in [-0.39, 0.29) is 0 Å². The van der Waals surface area contributed by atoms with Gasteiger partial charge in [-0.1, -0.05) is 18.0 Å². The first-order valence-corrected chi connectivity index (χ1v) is 6.07. The maximum Gasteiger partial charge on any atom is 0.317 e. The molecular weight excluding hydrogens is 226 g/mol. The van der Waals surface area contributed by atoms with Crippen molar-refractivity contribution in [3.63, 3.8) is 0 Å². The van der Waals surface area contributed by atoms with Crippen molar-refractivity contribution >= 4 is 11.6 Å². The van der Waals surface area contributed by atoms with Crippen molar-refractivity contribution in [2.75, 3.05) is 13.2 Å². The molecule has 1 fully saturated rings. The lowest BCUT2D eigenvalue weighted by Crippen LogP contribution is -2.35. The van der Waals surface area contributed by atoms with Crippen LogP contribution in [-0.4, -0.2) is 29.2 Å². The fourth-order valence-corrected chi connectivity index (χ4v) is 1.98. The van der Waals surface area contributed by atoms with Gasteiger partial charge in [0.1, 0.15) is 5.15 Å². The molecule has 0 unspecified atom stereocenters. The first kappa shape index (κ1) is 11.6. The van der Waals surface area contributed by atoms with Gasteiger partial charge in [0, 0.05) is 12.2 Å².